The van der Waals surface area contributed by atoms with E-state index in [2.05, 4.69) is 53.3 Å². The van der Waals surface area contributed by atoms with Crippen LogP contribution in [-0.4, -0.2) is 5.54 Å². The Kier molecular flexibility index (Phi) is 3.44. The van der Waals surface area contributed by atoms with E-state index >= 15 is 0 Å². The summed E-state index contributed by atoms with van der Waals surface area (Å²) < 4.78 is 1.15. The van der Waals surface area contributed by atoms with Crippen LogP contribution in [0.1, 0.15) is 36.8 Å². The van der Waals surface area contributed by atoms with E-state index in [1.807, 2.05) is 0 Å². The van der Waals surface area contributed by atoms with Gasteiger partial charge in [-0.2, -0.15) is 5.26 Å². The van der Waals surface area contributed by atoms with Crippen molar-refractivity contribution >= 4 is 21.6 Å². The molecule has 0 atom stereocenters. The van der Waals surface area contributed by atoms with Crippen molar-refractivity contribution in [3.05, 3.63) is 27.7 Å². The molecule has 17 heavy (non-hydrogen) atoms. The number of aryl methyl sites for hydroxylation is 2. The van der Waals surface area contributed by atoms with Crippen LogP contribution in [0.5, 0.6) is 0 Å². The van der Waals surface area contributed by atoms with E-state index in [0.717, 1.165) is 35.8 Å². The Morgan fingerprint density at radius 1 is 1.24 bits per heavy atom. The first-order valence-electron chi connectivity index (χ1n) is 6.02. The predicted octanol–water partition coefficient (Wildman–Crippen LogP) is 4.31. The quantitative estimate of drug-likeness (QED) is 0.881. The number of nitrogens with zero attached hydrogens (tertiary/aromatic N) is 1. The van der Waals surface area contributed by atoms with Crippen molar-refractivity contribution in [1.29, 1.82) is 5.26 Å². The molecule has 1 saturated carbocycles. The summed E-state index contributed by atoms with van der Waals surface area (Å²) in [4.78, 5) is 0. The van der Waals surface area contributed by atoms with E-state index in [4.69, 9.17) is 0 Å². The van der Waals surface area contributed by atoms with Crippen LogP contribution in [0.3, 0.4) is 0 Å². The molecule has 0 spiro atoms. The van der Waals surface area contributed by atoms with Gasteiger partial charge in [0, 0.05) is 10.2 Å². The highest BCUT2D eigenvalue weighted by molar-refractivity contribution is 9.10. The SMILES string of the molecule is Cc1cc(NC2(C#N)CCCC2)cc(C)c1Br. The van der Waals surface area contributed by atoms with E-state index in [9.17, 15) is 5.26 Å². The molecule has 2 rings (SSSR count). The number of nitrogens with one attached hydrogen (secondary N) is 1. The minimum Gasteiger partial charge on any atom is -0.367 e. The highest BCUT2D eigenvalue weighted by Crippen LogP contribution is 2.34. The molecule has 3 heteroatoms. The molecule has 1 aromatic rings. The van der Waals surface area contributed by atoms with Crippen molar-refractivity contribution in [2.75, 3.05) is 5.32 Å². The summed E-state index contributed by atoms with van der Waals surface area (Å²) in [7, 11) is 0. The smallest absolute Gasteiger partial charge is 0.125 e. The van der Waals surface area contributed by atoms with Gasteiger partial charge in [0.15, 0.2) is 0 Å². The Bertz CT molecular complexity index is 445. The van der Waals surface area contributed by atoms with Gasteiger partial charge in [0.25, 0.3) is 0 Å². The van der Waals surface area contributed by atoms with Gasteiger partial charge < -0.3 is 5.32 Å². The van der Waals surface area contributed by atoms with Crippen molar-refractivity contribution in [1.82, 2.24) is 0 Å². The molecule has 0 heterocycles. The largest absolute Gasteiger partial charge is 0.367 e. The molecule has 0 radical (unpaired) electrons. The summed E-state index contributed by atoms with van der Waals surface area (Å²) >= 11 is 3.56. The molecule has 0 saturated heterocycles. The van der Waals surface area contributed by atoms with Crippen LogP contribution in [0.25, 0.3) is 0 Å². The summed E-state index contributed by atoms with van der Waals surface area (Å²) in [5, 5.41) is 12.8. The van der Waals surface area contributed by atoms with Crippen LogP contribution in [0.2, 0.25) is 0 Å². The van der Waals surface area contributed by atoms with Crippen molar-refractivity contribution in [2.24, 2.45) is 0 Å². The monoisotopic (exact) mass is 292 g/mol. The highest BCUT2D eigenvalue weighted by atomic mass is 79.9. The number of hydrogen-bond donors (Lipinski definition) is 1. The van der Waals surface area contributed by atoms with Gasteiger partial charge in [-0.25, -0.2) is 0 Å². The summed E-state index contributed by atoms with van der Waals surface area (Å²) in [6.45, 7) is 4.16. The van der Waals surface area contributed by atoms with Gasteiger partial charge in [-0.15, -0.1) is 0 Å². The van der Waals surface area contributed by atoms with Crippen LogP contribution in [0.15, 0.2) is 16.6 Å². The molecule has 1 aliphatic rings. The molecule has 1 aliphatic carbocycles. The maximum Gasteiger partial charge on any atom is 0.125 e. The fraction of sp³-hybridized carbons (Fsp3) is 0.500. The van der Waals surface area contributed by atoms with E-state index in [1.54, 1.807) is 0 Å². The van der Waals surface area contributed by atoms with E-state index in [0.29, 0.717) is 0 Å². The lowest BCUT2D eigenvalue weighted by molar-refractivity contribution is 0.613. The molecule has 0 aliphatic heterocycles. The van der Waals surface area contributed by atoms with Crippen LogP contribution in [0.4, 0.5) is 5.69 Å². The maximum atomic E-state index is 9.35. The van der Waals surface area contributed by atoms with Crippen molar-refractivity contribution < 1.29 is 0 Å². The topological polar surface area (TPSA) is 35.8 Å². The van der Waals surface area contributed by atoms with E-state index < -0.39 is 0 Å². The summed E-state index contributed by atoms with van der Waals surface area (Å²) in [6, 6.07) is 6.67. The van der Waals surface area contributed by atoms with Gasteiger partial charge in [-0.3, -0.25) is 0 Å². The fourth-order valence-corrected chi connectivity index (χ4v) is 2.77. The van der Waals surface area contributed by atoms with E-state index in [-0.39, 0.29) is 5.54 Å². The fourth-order valence-electron chi connectivity index (χ4n) is 2.54. The van der Waals surface area contributed by atoms with Gasteiger partial charge in [-0.1, -0.05) is 15.9 Å². The van der Waals surface area contributed by atoms with Gasteiger partial charge in [-0.05, 0) is 62.8 Å². The standard InChI is InChI=1S/C14H17BrN2/c1-10-7-12(8-11(2)13(10)15)17-14(9-16)5-3-4-6-14/h7-8,17H,3-6H2,1-2H3. The molecule has 1 aromatic carbocycles. The molecular formula is C14H17BrN2. The Labute approximate surface area is 111 Å². The number of anilines is 1. The first-order chi connectivity index (χ1) is 8.06. The van der Waals surface area contributed by atoms with Crippen LogP contribution >= 0.6 is 15.9 Å². The molecule has 90 valence electrons. The number of rotatable bonds is 2. The van der Waals surface area contributed by atoms with Gasteiger partial charge in [0.2, 0.25) is 0 Å². The number of nitriles is 1. The Morgan fingerprint density at radius 3 is 2.24 bits per heavy atom. The Morgan fingerprint density at radius 2 is 1.76 bits per heavy atom. The molecule has 0 amide bonds. The third-order valence-electron chi connectivity index (χ3n) is 3.49. The van der Waals surface area contributed by atoms with Crippen LogP contribution in [-0.2, 0) is 0 Å². The lowest BCUT2D eigenvalue weighted by Gasteiger charge is -2.24. The highest BCUT2D eigenvalue weighted by Gasteiger charge is 2.33. The maximum absolute atomic E-state index is 9.35. The number of hydrogen-bond acceptors (Lipinski definition) is 2. The average molecular weight is 293 g/mol. The molecule has 0 unspecified atom stereocenters. The minimum atomic E-state index is -0.341. The average Bonchev–Trinajstić information content (AvgIpc) is 2.75. The van der Waals surface area contributed by atoms with Crippen LogP contribution < -0.4 is 5.32 Å². The van der Waals surface area contributed by atoms with Crippen molar-refractivity contribution in [3.8, 4) is 6.07 Å². The van der Waals surface area contributed by atoms with Gasteiger partial charge >= 0.3 is 0 Å². The second kappa shape index (κ2) is 4.70. The molecule has 0 aromatic heterocycles. The Hall–Kier alpha value is -1.01. The van der Waals surface area contributed by atoms with Crippen LogP contribution in [0, 0.1) is 25.2 Å². The molecule has 1 fully saturated rings. The third kappa shape index (κ3) is 2.47. The van der Waals surface area contributed by atoms with E-state index in [1.165, 1.54) is 11.1 Å². The summed E-state index contributed by atoms with van der Waals surface area (Å²) in [5.74, 6) is 0. The zero-order chi connectivity index (χ0) is 12.5. The first-order valence-corrected chi connectivity index (χ1v) is 6.82. The lowest BCUT2D eigenvalue weighted by Crippen LogP contribution is -2.33. The molecular weight excluding hydrogens is 276 g/mol. The predicted molar refractivity (Wildman–Crippen MR) is 74.1 cm³/mol. The zero-order valence-electron chi connectivity index (χ0n) is 10.3. The summed E-state index contributed by atoms with van der Waals surface area (Å²) in [6.07, 6.45) is 4.21. The Balaban J connectivity index is 2.27. The van der Waals surface area contributed by atoms with Crippen molar-refractivity contribution in [2.45, 2.75) is 45.1 Å². The lowest BCUT2D eigenvalue weighted by atomic mass is 9.99. The number of benzene rings is 1. The molecule has 1 N–H and O–H groups in total. The summed E-state index contributed by atoms with van der Waals surface area (Å²) in [5.41, 5.74) is 3.14. The third-order valence-corrected chi connectivity index (χ3v) is 4.74. The first kappa shape index (κ1) is 12.4. The molecule has 0 bridgehead atoms. The second-order valence-electron chi connectivity index (χ2n) is 4.95. The second-order valence-corrected chi connectivity index (χ2v) is 5.74. The zero-order valence-corrected chi connectivity index (χ0v) is 11.9. The minimum absolute atomic E-state index is 0.341. The van der Waals surface area contributed by atoms with Crippen molar-refractivity contribution in [3.63, 3.8) is 0 Å². The van der Waals surface area contributed by atoms with Gasteiger partial charge in [0.1, 0.15) is 5.54 Å². The normalized spacial score (nSPS) is 17.8. The molecule has 2 nitrogen and oxygen atoms in total. The number of halogens is 1. The van der Waals surface area contributed by atoms with Gasteiger partial charge in [0.05, 0.1) is 6.07 Å².